The molecule has 2 rings (SSSR count). The smallest absolute Gasteiger partial charge is 0.0418 e. The maximum Gasteiger partial charge on any atom is 0.0418 e. The van der Waals surface area contributed by atoms with Crippen molar-refractivity contribution in [1.82, 2.24) is 0 Å². The lowest BCUT2D eigenvalue weighted by molar-refractivity contribution is 0.223. The molecule has 2 aliphatic carbocycles. The van der Waals surface area contributed by atoms with E-state index in [0.717, 1.165) is 11.8 Å². The zero-order valence-corrected chi connectivity index (χ0v) is 7.49. The molecule has 2 aliphatic rings. The van der Waals surface area contributed by atoms with Crippen molar-refractivity contribution in [1.29, 1.82) is 0 Å². The van der Waals surface area contributed by atoms with Crippen LogP contribution in [0.1, 0.15) is 33.1 Å². The molecule has 0 amide bonds. The molecule has 0 aromatic rings. The minimum atomic E-state index is 0.435. The Kier molecular flexibility index (Phi) is 1.33. The summed E-state index contributed by atoms with van der Waals surface area (Å²) in [7, 11) is 0. The Morgan fingerprint density at radius 2 is 2.00 bits per heavy atom. The van der Waals surface area contributed by atoms with E-state index < -0.39 is 0 Å². The molecule has 2 bridgehead atoms. The van der Waals surface area contributed by atoms with Crippen molar-refractivity contribution in [3.63, 3.8) is 0 Å². The fourth-order valence-corrected chi connectivity index (χ4v) is 3.20. The van der Waals surface area contributed by atoms with Gasteiger partial charge in [0.25, 0.3) is 0 Å². The molecule has 0 aliphatic heterocycles. The highest BCUT2D eigenvalue weighted by Gasteiger charge is 2.51. The van der Waals surface area contributed by atoms with E-state index in [4.69, 9.17) is 11.6 Å². The van der Waals surface area contributed by atoms with Crippen molar-refractivity contribution < 1.29 is 0 Å². The third-order valence-electron chi connectivity index (χ3n) is 3.65. The second-order valence-corrected chi connectivity index (χ2v) is 4.96. The molecule has 0 aromatic carbocycles. The van der Waals surface area contributed by atoms with E-state index >= 15 is 0 Å². The lowest BCUT2D eigenvalue weighted by Gasteiger charge is -2.34. The minimum absolute atomic E-state index is 0.435. The highest BCUT2D eigenvalue weighted by molar-refractivity contribution is 6.21. The first-order valence-corrected chi connectivity index (χ1v) is 4.70. The first-order valence-electron chi connectivity index (χ1n) is 4.26. The predicted octanol–water partition coefficient (Wildman–Crippen LogP) is 3.05. The largest absolute Gasteiger partial charge is 0.122 e. The molecular weight excluding hydrogens is 144 g/mol. The fraction of sp³-hybridized carbons (Fsp3) is 1.00. The highest BCUT2D eigenvalue weighted by Crippen LogP contribution is 2.57. The zero-order valence-electron chi connectivity index (χ0n) is 6.73. The van der Waals surface area contributed by atoms with Crippen LogP contribution in [0.15, 0.2) is 0 Å². The van der Waals surface area contributed by atoms with Crippen LogP contribution in [0.4, 0.5) is 0 Å². The van der Waals surface area contributed by atoms with Gasteiger partial charge in [0.05, 0.1) is 0 Å². The molecule has 0 radical (unpaired) electrons. The maximum atomic E-state index is 6.30. The average molecular weight is 159 g/mol. The van der Waals surface area contributed by atoms with Crippen molar-refractivity contribution in [3.05, 3.63) is 0 Å². The van der Waals surface area contributed by atoms with Gasteiger partial charge in [0, 0.05) is 5.38 Å². The average Bonchev–Trinajstić information content (AvgIpc) is 2.37. The predicted molar refractivity (Wildman–Crippen MR) is 44.3 cm³/mol. The molecule has 0 saturated heterocycles. The summed E-state index contributed by atoms with van der Waals surface area (Å²) < 4.78 is 0. The topological polar surface area (TPSA) is 0 Å². The van der Waals surface area contributed by atoms with Crippen molar-refractivity contribution in [2.24, 2.45) is 17.3 Å². The standard InChI is InChI=1S/C9H15Cl/c1-9(2)7-4-3-6(5-7)8(9)10/h6-8H,3-5H2,1-2H3/t6-,7+,8+/m0/s1. The van der Waals surface area contributed by atoms with E-state index in [1.54, 1.807) is 0 Å². The summed E-state index contributed by atoms with van der Waals surface area (Å²) in [5.41, 5.74) is 0.435. The van der Waals surface area contributed by atoms with Gasteiger partial charge in [-0.05, 0) is 36.5 Å². The molecule has 0 unspecified atom stereocenters. The van der Waals surface area contributed by atoms with Gasteiger partial charge in [-0.3, -0.25) is 0 Å². The first-order chi connectivity index (χ1) is 4.62. The molecule has 0 aromatic heterocycles. The summed E-state index contributed by atoms with van der Waals surface area (Å²) >= 11 is 6.30. The Hall–Kier alpha value is 0.290. The van der Waals surface area contributed by atoms with Crippen LogP contribution >= 0.6 is 11.6 Å². The van der Waals surface area contributed by atoms with Crippen LogP contribution in [-0.2, 0) is 0 Å². The number of rotatable bonds is 0. The van der Waals surface area contributed by atoms with Crippen molar-refractivity contribution in [2.45, 2.75) is 38.5 Å². The number of fused-ring (bicyclic) bond motifs is 2. The molecule has 2 fully saturated rings. The fourth-order valence-electron chi connectivity index (χ4n) is 2.79. The number of hydrogen-bond donors (Lipinski definition) is 0. The van der Waals surface area contributed by atoms with Gasteiger partial charge >= 0.3 is 0 Å². The molecule has 0 nitrogen and oxygen atoms in total. The van der Waals surface area contributed by atoms with Gasteiger partial charge in [0.1, 0.15) is 0 Å². The second kappa shape index (κ2) is 1.91. The van der Waals surface area contributed by atoms with Crippen LogP contribution < -0.4 is 0 Å². The Bertz CT molecular complexity index is 147. The molecule has 58 valence electrons. The molecule has 1 heteroatoms. The molecule has 3 atom stereocenters. The third-order valence-corrected chi connectivity index (χ3v) is 4.57. The third kappa shape index (κ3) is 0.689. The van der Waals surface area contributed by atoms with Crippen LogP contribution in [0.2, 0.25) is 0 Å². The summed E-state index contributed by atoms with van der Waals surface area (Å²) in [6.45, 7) is 4.66. The van der Waals surface area contributed by atoms with Crippen LogP contribution in [0.3, 0.4) is 0 Å². The monoisotopic (exact) mass is 158 g/mol. The van der Waals surface area contributed by atoms with Gasteiger partial charge in [-0.1, -0.05) is 13.8 Å². The highest BCUT2D eigenvalue weighted by atomic mass is 35.5. The van der Waals surface area contributed by atoms with Gasteiger partial charge in [-0.25, -0.2) is 0 Å². The van der Waals surface area contributed by atoms with Crippen molar-refractivity contribution >= 4 is 11.6 Å². The van der Waals surface area contributed by atoms with Gasteiger partial charge in [0.2, 0.25) is 0 Å². The SMILES string of the molecule is CC1(C)[C@@H]2CC[C@@H](C2)[C@H]1Cl. The minimum Gasteiger partial charge on any atom is -0.122 e. The number of hydrogen-bond acceptors (Lipinski definition) is 0. The maximum absolute atomic E-state index is 6.30. The lowest BCUT2D eigenvalue weighted by atomic mass is 9.76. The van der Waals surface area contributed by atoms with Crippen LogP contribution in [-0.4, -0.2) is 5.38 Å². The number of alkyl halides is 1. The van der Waals surface area contributed by atoms with Gasteiger partial charge in [0.15, 0.2) is 0 Å². The quantitative estimate of drug-likeness (QED) is 0.476. The van der Waals surface area contributed by atoms with Crippen LogP contribution in [0, 0.1) is 17.3 Å². The van der Waals surface area contributed by atoms with Crippen molar-refractivity contribution in [3.8, 4) is 0 Å². The van der Waals surface area contributed by atoms with Gasteiger partial charge in [-0.2, -0.15) is 0 Å². The van der Waals surface area contributed by atoms with Crippen LogP contribution in [0.25, 0.3) is 0 Å². The summed E-state index contributed by atoms with van der Waals surface area (Å²) in [5, 5.41) is 0.464. The van der Waals surface area contributed by atoms with Gasteiger partial charge in [-0.15, -0.1) is 11.6 Å². The van der Waals surface area contributed by atoms with E-state index in [1.807, 2.05) is 0 Å². The molecule has 2 saturated carbocycles. The van der Waals surface area contributed by atoms with E-state index in [2.05, 4.69) is 13.8 Å². The number of halogens is 1. The Labute approximate surface area is 68.0 Å². The molecular formula is C9H15Cl. The normalized spacial score (nSPS) is 50.1. The van der Waals surface area contributed by atoms with Crippen LogP contribution in [0.5, 0.6) is 0 Å². The summed E-state index contributed by atoms with van der Waals surface area (Å²) in [5.74, 6) is 1.78. The van der Waals surface area contributed by atoms with Gasteiger partial charge < -0.3 is 0 Å². The molecule has 10 heavy (non-hydrogen) atoms. The first kappa shape index (κ1) is 6.97. The van der Waals surface area contributed by atoms with E-state index in [0.29, 0.717) is 10.8 Å². The van der Waals surface area contributed by atoms with Crippen molar-refractivity contribution in [2.75, 3.05) is 0 Å². The summed E-state index contributed by atoms with van der Waals surface area (Å²) in [4.78, 5) is 0. The zero-order chi connectivity index (χ0) is 7.35. The molecule has 0 N–H and O–H groups in total. The van der Waals surface area contributed by atoms with E-state index in [9.17, 15) is 0 Å². The van der Waals surface area contributed by atoms with E-state index in [-0.39, 0.29) is 0 Å². The second-order valence-electron chi connectivity index (χ2n) is 4.49. The molecule has 0 spiro atoms. The Morgan fingerprint density at radius 1 is 1.30 bits per heavy atom. The Morgan fingerprint density at radius 3 is 2.30 bits per heavy atom. The summed E-state index contributed by atoms with van der Waals surface area (Å²) in [6.07, 6.45) is 4.23. The summed E-state index contributed by atoms with van der Waals surface area (Å²) in [6, 6.07) is 0. The molecule has 0 heterocycles. The lowest BCUT2D eigenvalue weighted by Crippen LogP contribution is -2.31. The van der Waals surface area contributed by atoms with E-state index in [1.165, 1.54) is 19.3 Å². The Balaban J connectivity index is 2.25.